The number of rotatable bonds is 5. The first kappa shape index (κ1) is 20.9. The van der Waals surface area contributed by atoms with Crippen LogP contribution in [0.4, 0.5) is 0 Å². The van der Waals surface area contributed by atoms with Gasteiger partial charge in [-0.1, -0.05) is 6.92 Å². The van der Waals surface area contributed by atoms with Gasteiger partial charge in [-0.15, -0.1) is 0 Å². The Hall–Kier alpha value is -3.64. The molecular formula is C22H23N9O2S. The minimum atomic E-state index is -4.02. The van der Waals surface area contributed by atoms with Gasteiger partial charge in [0.15, 0.2) is 5.03 Å². The molecule has 0 aromatic carbocycles. The number of imidazole rings is 1. The number of aromatic nitrogens is 8. The molecule has 0 amide bonds. The Kier molecular flexibility index (Phi) is 4.92. The number of hydrogen-bond donors (Lipinski definition) is 0. The Morgan fingerprint density at radius 3 is 2.68 bits per heavy atom. The normalized spacial score (nSPS) is 16.0. The van der Waals surface area contributed by atoms with Crippen molar-refractivity contribution < 1.29 is 8.42 Å². The Morgan fingerprint density at radius 1 is 1.00 bits per heavy atom. The van der Waals surface area contributed by atoms with Gasteiger partial charge in [-0.05, 0) is 31.5 Å². The SMILES string of the molecule is CCN1CCC(n2cc(-c3cnc4cnn(S(=O)(=O)c5cnc6ncccn56)c4c3)cn2)CC1. The molecule has 6 rings (SSSR count). The largest absolute Gasteiger partial charge is 0.303 e. The zero-order chi connectivity index (χ0) is 23.3. The number of likely N-dealkylation sites (tertiary alicyclic amines) is 1. The second-order valence-corrected chi connectivity index (χ2v) is 10.1. The first-order chi connectivity index (χ1) is 16.5. The van der Waals surface area contributed by atoms with Gasteiger partial charge in [-0.2, -0.15) is 22.7 Å². The predicted octanol–water partition coefficient (Wildman–Crippen LogP) is 2.23. The van der Waals surface area contributed by atoms with E-state index in [1.54, 1.807) is 36.9 Å². The molecule has 5 aromatic rings. The van der Waals surface area contributed by atoms with Crippen LogP contribution in [0.15, 0.2) is 60.5 Å². The van der Waals surface area contributed by atoms with Gasteiger partial charge in [-0.3, -0.25) is 14.1 Å². The summed E-state index contributed by atoms with van der Waals surface area (Å²) in [5, 5.41) is 8.71. The highest BCUT2D eigenvalue weighted by Crippen LogP contribution is 2.28. The third-order valence-corrected chi connectivity index (χ3v) is 8.03. The lowest BCUT2D eigenvalue weighted by molar-refractivity contribution is 0.187. The maximum absolute atomic E-state index is 13.5. The van der Waals surface area contributed by atoms with Gasteiger partial charge in [0.25, 0.3) is 0 Å². The first-order valence-electron chi connectivity index (χ1n) is 11.2. The van der Waals surface area contributed by atoms with E-state index in [9.17, 15) is 8.42 Å². The molecule has 1 aliphatic heterocycles. The van der Waals surface area contributed by atoms with Crippen molar-refractivity contribution in [1.29, 1.82) is 0 Å². The van der Waals surface area contributed by atoms with Crippen LogP contribution in [0.3, 0.4) is 0 Å². The second kappa shape index (κ2) is 7.99. The highest BCUT2D eigenvalue weighted by atomic mass is 32.2. The molecule has 0 aliphatic carbocycles. The lowest BCUT2D eigenvalue weighted by atomic mass is 10.1. The second-order valence-electron chi connectivity index (χ2n) is 8.38. The summed E-state index contributed by atoms with van der Waals surface area (Å²) < 4.78 is 31.4. The van der Waals surface area contributed by atoms with Crippen LogP contribution >= 0.6 is 0 Å². The average molecular weight is 478 g/mol. The Bertz CT molecular complexity index is 1590. The smallest absolute Gasteiger partial charge is 0.301 e. The summed E-state index contributed by atoms with van der Waals surface area (Å²) in [6.45, 7) is 5.40. The quantitative estimate of drug-likeness (QED) is 0.378. The van der Waals surface area contributed by atoms with Crippen LogP contribution in [0.1, 0.15) is 25.8 Å². The highest BCUT2D eigenvalue weighted by molar-refractivity contribution is 7.90. The van der Waals surface area contributed by atoms with Crippen LogP contribution in [0.5, 0.6) is 0 Å². The summed E-state index contributed by atoms with van der Waals surface area (Å²) in [4.78, 5) is 15.1. The molecule has 0 atom stereocenters. The van der Waals surface area contributed by atoms with E-state index in [0.717, 1.165) is 47.7 Å². The third kappa shape index (κ3) is 3.37. The minimum absolute atomic E-state index is 0.0164. The fraction of sp³-hybridized carbons (Fsp3) is 0.318. The van der Waals surface area contributed by atoms with Crippen molar-refractivity contribution in [2.24, 2.45) is 0 Å². The van der Waals surface area contributed by atoms with Crippen LogP contribution in [0, 0.1) is 0 Å². The van der Waals surface area contributed by atoms with Crippen LogP contribution in [0.2, 0.25) is 0 Å². The number of nitrogens with zero attached hydrogens (tertiary/aromatic N) is 9. The van der Waals surface area contributed by atoms with E-state index in [2.05, 4.69) is 37.0 Å². The van der Waals surface area contributed by atoms with Gasteiger partial charge in [0.05, 0.1) is 24.6 Å². The highest BCUT2D eigenvalue weighted by Gasteiger charge is 2.26. The monoisotopic (exact) mass is 477 g/mol. The molecule has 1 fully saturated rings. The fourth-order valence-electron chi connectivity index (χ4n) is 4.51. The lowest BCUT2D eigenvalue weighted by Gasteiger charge is -2.31. The molecule has 0 N–H and O–H groups in total. The van der Waals surface area contributed by atoms with Gasteiger partial charge < -0.3 is 4.90 Å². The van der Waals surface area contributed by atoms with Gasteiger partial charge in [-0.25, -0.2) is 9.97 Å². The molecule has 12 heteroatoms. The summed E-state index contributed by atoms with van der Waals surface area (Å²) >= 11 is 0. The molecule has 0 radical (unpaired) electrons. The molecule has 11 nitrogen and oxygen atoms in total. The number of hydrogen-bond acceptors (Lipinski definition) is 8. The summed E-state index contributed by atoms with van der Waals surface area (Å²) in [6, 6.07) is 3.80. The lowest BCUT2D eigenvalue weighted by Crippen LogP contribution is -2.34. The van der Waals surface area contributed by atoms with Crippen LogP contribution in [-0.2, 0) is 10.0 Å². The van der Waals surface area contributed by atoms with Gasteiger partial charge in [0.2, 0.25) is 5.78 Å². The molecule has 1 saturated heterocycles. The number of pyridine rings is 1. The predicted molar refractivity (Wildman–Crippen MR) is 125 cm³/mol. The van der Waals surface area contributed by atoms with Gasteiger partial charge in [0, 0.05) is 49.0 Å². The van der Waals surface area contributed by atoms with E-state index < -0.39 is 10.0 Å². The maximum atomic E-state index is 13.5. The average Bonchev–Trinajstić information content (AvgIpc) is 3.62. The summed E-state index contributed by atoms with van der Waals surface area (Å²) in [5.74, 6) is 0.300. The first-order valence-corrected chi connectivity index (χ1v) is 12.6. The molecule has 6 heterocycles. The minimum Gasteiger partial charge on any atom is -0.303 e. The zero-order valence-electron chi connectivity index (χ0n) is 18.6. The molecule has 34 heavy (non-hydrogen) atoms. The molecular weight excluding hydrogens is 454 g/mol. The van der Waals surface area contributed by atoms with Crippen molar-refractivity contribution in [1.82, 2.24) is 43.2 Å². The van der Waals surface area contributed by atoms with Crippen LogP contribution in [0.25, 0.3) is 27.9 Å². The Balaban J connectivity index is 1.36. The van der Waals surface area contributed by atoms with Crippen molar-refractivity contribution in [2.75, 3.05) is 19.6 Å². The van der Waals surface area contributed by atoms with Gasteiger partial charge >= 0.3 is 10.0 Å². The Labute approximate surface area is 195 Å². The van der Waals surface area contributed by atoms with Crippen molar-refractivity contribution in [3.8, 4) is 11.1 Å². The molecule has 0 spiro atoms. The van der Waals surface area contributed by atoms with E-state index in [0.29, 0.717) is 22.9 Å². The van der Waals surface area contributed by atoms with E-state index in [-0.39, 0.29) is 5.03 Å². The topological polar surface area (TPSA) is 116 Å². The van der Waals surface area contributed by atoms with E-state index in [1.165, 1.54) is 16.8 Å². The van der Waals surface area contributed by atoms with E-state index in [4.69, 9.17) is 0 Å². The van der Waals surface area contributed by atoms with E-state index in [1.807, 2.05) is 10.9 Å². The molecule has 1 aliphatic rings. The number of piperidine rings is 1. The van der Waals surface area contributed by atoms with Gasteiger partial charge in [0.1, 0.15) is 11.0 Å². The van der Waals surface area contributed by atoms with E-state index >= 15 is 0 Å². The Morgan fingerprint density at radius 2 is 1.85 bits per heavy atom. The number of fused-ring (bicyclic) bond motifs is 2. The standard InChI is InChI=1S/C22H23N9O2S/c1-2-28-8-4-18(5-9-28)30-15-17(12-26-30)16-10-20-19(24-11-16)13-27-31(20)34(32,33)21-14-25-22-23-6-3-7-29(21)22/h3,6-7,10-15,18H,2,4-5,8-9H2,1H3. The van der Waals surface area contributed by atoms with Crippen molar-refractivity contribution in [2.45, 2.75) is 30.8 Å². The van der Waals surface area contributed by atoms with Crippen LogP contribution in [-0.4, -0.2) is 71.3 Å². The molecule has 0 saturated carbocycles. The summed E-state index contributed by atoms with van der Waals surface area (Å²) in [6.07, 6.45) is 13.6. The third-order valence-electron chi connectivity index (χ3n) is 6.45. The van der Waals surface area contributed by atoms with Crippen LogP contribution < -0.4 is 0 Å². The molecule has 5 aromatic heterocycles. The maximum Gasteiger partial charge on any atom is 0.301 e. The van der Waals surface area contributed by atoms with Crippen molar-refractivity contribution in [3.63, 3.8) is 0 Å². The summed E-state index contributed by atoms with van der Waals surface area (Å²) in [7, 11) is -4.02. The fourth-order valence-corrected chi connectivity index (χ4v) is 5.84. The molecule has 0 bridgehead atoms. The van der Waals surface area contributed by atoms with Crippen molar-refractivity contribution >= 4 is 26.8 Å². The summed E-state index contributed by atoms with van der Waals surface area (Å²) in [5.41, 5.74) is 2.54. The van der Waals surface area contributed by atoms with Crippen molar-refractivity contribution in [3.05, 3.63) is 55.5 Å². The zero-order valence-corrected chi connectivity index (χ0v) is 19.4. The molecule has 174 valence electrons. The molecule has 0 unspecified atom stereocenters.